The van der Waals surface area contributed by atoms with E-state index in [0.29, 0.717) is 11.5 Å². The third-order valence-corrected chi connectivity index (χ3v) is 5.68. The number of benzene rings is 2. The van der Waals surface area contributed by atoms with Gasteiger partial charge in [0, 0.05) is 0 Å². The maximum Gasteiger partial charge on any atom is 0.244 e. The number of nitrogens with one attached hydrogen (secondary N) is 1. The average Bonchev–Trinajstić information content (AvgIpc) is 2.67. The van der Waals surface area contributed by atoms with E-state index in [4.69, 9.17) is 9.47 Å². The first-order valence-electron chi connectivity index (χ1n) is 8.85. The monoisotopic (exact) mass is 424 g/mol. The third kappa shape index (κ3) is 5.38. The van der Waals surface area contributed by atoms with Crippen LogP contribution < -0.4 is 19.1 Å². The minimum absolute atomic E-state index is 0.204. The largest absolute Gasteiger partial charge is 0.493 e. The first-order valence-corrected chi connectivity index (χ1v) is 10.7. The number of amides is 1. The highest BCUT2D eigenvalue weighted by Crippen LogP contribution is 2.30. The zero-order chi connectivity index (χ0) is 21.8. The Morgan fingerprint density at radius 3 is 2.14 bits per heavy atom. The zero-order valence-corrected chi connectivity index (χ0v) is 17.8. The maximum atomic E-state index is 13.2. The van der Waals surface area contributed by atoms with Gasteiger partial charge in [-0.15, -0.1) is 0 Å². The minimum Gasteiger partial charge on any atom is -0.493 e. The molecule has 7 nitrogen and oxygen atoms in total. The number of sulfonamides is 1. The Morgan fingerprint density at radius 2 is 1.62 bits per heavy atom. The van der Waals surface area contributed by atoms with Crippen LogP contribution in [0.3, 0.4) is 0 Å². The van der Waals surface area contributed by atoms with Crippen LogP contribution in [0.15, 0.2) is 42.5 Å². The Hall–Kier alpha value is -2.81. The standard InChI is InChI=1S/C20H25FN2O5S/c1-13(15-6-11-18(27-3)19(12-15)28-4)22-20(24)14(2)23(29(5,25)26)17-9-7-16(21)8-10-17/h6-14H,1-5H3,(H,22,24)/t13-,14-/m0/s1. The molecular formula is C20H25FN2O5S. The number of hydrogen-bond acceptors (Lipinski definition) is 5. The van der Waals surface area contributed by atoms with Gasteiger partial charge in [0.2, 0.25) is 15.9 Å². The van der Waals surface area contributed by atoms with Crippen molar-refractivity contribution in [1.82, 2.24) is 5.32 Å². The Morgan fingerprint density at radius 1 is 1.03 bits per heavy atom. The van der Waals surface area contributed by atoms with Crippen LogP contribution in [0.5, 0.6) is 11.5 Å². The lowest BCUT2D eigenvalue weighted by Crippen LogP contribution is -2.48. The van der Waals surface area contributed by atoms with E-state index in [-0.39, 0.29) is 5.69 Å². The SMILES string of the molecule is COc1ccc([C@H](C)NC(=O)[C@H](C)N(c2ccc(F)cc2)S(C)(=O)=O)cc1OC. The van der Waals surface area contributed by atoms with E-state index in [1.807, 2.05) is 0 Å². The zero-order valence-electron chi connectivity index (χ0n) is 17.0. The molecule has 0 saturated heterocycles. The van der Waals surface area contributed by atoms with Crippen LogP contribution in [0.4, 0.5) is 10.1 Å². The van der Waals surface area contributed by atoms with E-state index >= 15 is 0 Å². The lowest BCUT2D eigenvalue weighted by Gasteiger charge is -2.29. The molecule has 1 N–H and O–H groups in total. The smallest absolute Gasteiger partial charge is 0.244 e. The normalized spacial score (nSPS) is 13.3. The maximum absolute atomic E-state index is 13.2. The highest BCUT2D eigenvalue weighted by Gasteiger charge is 2.30. The molecule has 0 aliphatic rings. The van der Waals surface area contributed by atoms with Gasteiger partial charge in [0.1, 0.15) is 11.9 Å². The number of methoxy groups -OCH3 is 2. The van der Waals surface area contributed by atoms with Gasteiger partial charge in [-0.05, 0) is 55.8 Å². The van der Waals surface area contributed by atoms with Crippen LogP contribution in [-0.2, 0) is 14.8 Å². The molecule has 0 aromatic heterocycles. The number of nitrogens with zero attached hydrogens (tertiary/aromatic N) is 1. The van der Waals surface area contributed by atoms with Crippen molar-refractivity contribution in [2.24, 2.45) is 0 Å². The predicted molar refractivity (Wildman–Crippen MR) is 109 cm³/mol. The van der Waals surface area contributed by atoms with Crippen molar-refractivity contribution in [2.45, 2.75) is 25.9 Å². The topological polar surface area (TPSA) is 84.9 Å². The van der Waals surface area contributed by atoms with Gasteiger partial charge in [-0.1, -0.05) is 6.07 Å². The van der Waals surface area contributed by atoms with E-state index in [1.54, 1.807) is 25.1 Å². The van der Waals surface area contributed by atoms with Crippen LogP contribution in [0.1, 0.15) is 25.5 Å². The van der Waals surface area contributed by atoms with Gasteiger partial charge in [-0.3, -0.25) is 9.10 Å². The average molecular weight is 424 g/mol. The van der Waals surface area contributed by atoms with E-state index in [9.17, 15) is 17.6 Å². The summed E-state index contributed by atoms with van der Waals surface area (Å²) in [5.74, 6) is 0.0781. The molecule has 2 aromatic carbocycles. The summed E-state index contributed by atoms with van der Waals surface area (Å²) in [5.41, 5.74) is 0.964. The van der Waals surface area contributed by atoms with Crippen LogP contribution in [0.2, 0.25) is 0 Å². The molecule has 158 valence electrons. The molecule has 2 atom stereocenters. The molecule has 0 aliphatic carbocycles. The summed E-state index contributed by atoms with van der Waals surface area (Å²) < 4.78 is 49.2. The molecule has 2 rings (SSSR count). The second kappa shape index (κ2) is 9.13. The lowest BCUT2D eigenvalue weighted by molar-refractivity contribution is -0.122. The Kier molecular flexibility index (Phi) is 7.07. The van der Waals surface area contributed by atoms with Gasteiger partial charge in [-0.2, -0.15) is 0 Å². The molecule has 0 bridgehead atoms. The van der Waals surface area contributed by atoms with Crippen LogP contribution in [0, 0.1) is 5.82 Å². The van der Waals surface area contributed by atoms with Crippen molar-refractivity contribution in [1.29, 1.82) is 0 Å². The number of ether oxygens (including phenoxy) is 2. The molecule has 0 saturated carbocycles. The second-order valence-corrected chi connectivity index (χ2v) is 8.42. The highest BCUT2D eigenvalue weighted by atomic mass is 32.2. The van der Waals surface area contributed by atoms with Crippen molar-refractivity contribution >= 4 is 21.6 Å². The summed E-state index contributed by atoms with van der Waals surface area (Å²) in [6, 6.07) is 8.71. The first-order chi connectivity index (χ1) is 13.6. The summed E-state index contributed by atoms with van der Waals surface area (Å²) in [6.07, 6.45) is 0.998. The molecule has 0 radical (unpaired) electrons. The van der Waals surface area contributed by atoms with Crippen molar-refractivity contribution < 1.29 is 27.1 Å². The van der Waals surface area contributed by atoms with Gasteiger partial charge in [-0.25, -0.2) is 12.8 Å². The first kappa shape index (κ1) is 22.5. The van der Waals surface area contributed by atoms with Crippen LogP contribution in [-0.4, -0.2) is 40.8 Å². The molecule has 0 heterocycles. The van der Waals surface area contributed by atoms with Gasteiger partial charge in [0.15, 0.2) is 11.5 Å². The van der Waals surface area contributed by atoms with E-state index in [1.165, 1.54) is 33.3 Å². The molecule has 9 heteroatoms. The van der Waals surface area contributed by atoms with E-state index in [0.717, 1.165) is 28.3 Å². The number of rotatable bonds is 8. The summed E-state index contributed by atoms with van der Waals surface area (Å²) in [6.45, 7) is 3.25. The Bertz CT molecular complexity index is 963. The van der Waals surface area contributed by atoms with Gasteiger partial charge in [0.05, 0.1) is 32.2 Å². The van der Waals surface area contributed by atoms with E-state index < -0.39 is 33.8 Å². The van der Waals surface area contributed by atoms with Gasteiger partial charge in [0.25, 0.3) is 0 Å². The molecule has 0 aliphatic heterocycles. The highest BCUT2D eigenvalue weighted by molar-refractivity contribution is 7.92. The van der Waals surface area contributed by atoms with E-state index in [2.05, 4.69) is 5.32 Å². The lowest BCUT2D eigenvalue weighted by atomic mass is 10.1. The van der Waals surface area contributed by atoms with Crippen molar-refractivity contribution in [2.75, 3.05) is 24.8 Å². The molecule has 0 spiro atoms. The van der Waals surface area contributed by atoms with Crippen molar-refractivity contribution in [3.8, 4) is 11.5 Å². The van der Waals surface area contributed by atoms with Crippen molar-refractivity contribution in [3.63, 3.8) is 0 Å². The predicted octanol–water partition coefficient (Wildman–Crippen LogP) is 2.87. The van der Waals surface area contributed by atoms with Gasteiger partial charge < -0.3 is 14.8 Å². The Labute approximate surface area is 170 Å². The summed E-state index contributed by atoms with van der Waals surface area (Å²) >= 11 is 0. The van der Waals surface area contributed by atoms with Crippen molar-refractivity contribution in [3.05, 3.63) is 53.8 Å². The number of carbonyl (C=O) groups excluding carboxylic acids is 1. The quantitative estimate of drug-likeness (QED) is 0.704. The molecule has 0 fully saturated rings. The second-order valence-electron chi connectivity index (χ2n) is 6.56. The van der Waals surface area contributed by atoms with Gasteiger partial charge >= 0.3 is 0 Å². The number of hydrogen-bond donors (Lipinski definition) is 1. The number of carbonyl (C=O) groups is 1. The molecule has 29 heavy (non-hydrogen) atoms. The van der Waals surface area contributed by atoms with Crippen LogP contribution >= 0.6 is 0 Å². The third-order valence-electron chi connectivity index (χ3n) is 4.44. The summed E-state index contributed by atoms with van der Waals surface area (Å²) in [4.78, 5) is 12.8. The molecule has 1 amide bonds. The summed E-state index contributed by atoms with van der Waals surface area (Å²) in [7, 11) is -0.741. The molecule has 2 aromatic rings. The minimum atomic E-state index is -3.78. The number of anilines is 1. The molecule has 0 unspecified atom stereocenters. The summed E-state index contributed by atoms with van der Waals surface area (Å²) in [5, 5.41) is 2.80. The fourth-order valence-electron chi connectivity index (χ4n) is 2.94. The number of halogens is 1. The fraction of sp³-hybridized carbons (Fsp3) is 0.350. The fourth-order valence-corrected chi connectivity index (χ4v) is 4.11. The Balaban J connectivity index is 2.24. The van der Waals surface area contributed by atoms with Crippen LogP contribution in [0.25, 0.3) is 0 Å². The molecular weight excluding hydrogens is 399 g/mol.